The molecule has 0 radical (unpaired) electrons. The lowest BCUT2D eigenvalue weighted by Gasteiger charge is -2.48. The fourth-order valence-corrected chi connectivity index (χ4v) is 3.41. The van der Waals surface area contributed by atoms with E-state index in [1.165, 1.54) is 12.8 Å². The van der Waals surface area contributed by atoms with Crippen LogP contribution in [0.3, 0.4) is 0 Å². The molecule has 0 amide bonds. The van der Waals surface area contributed by atoms with Crippen molar-refractivity contribution in [3.8, 4) is 0 Å². The van der Waals surface area contributed by atoms with Gasteiger partial charge in [-0.3, -0.25) is 4.90 Å². The third-order valence-corrected chi connectivity index (χ3v) is 4.19. The highest BCUT2D eigenvalue weighted by atomic mass is 16.3. The number of rotatable bonds is 4. The van der Waals surface area contributed by atoms with Crippen molar-refractivity contribution in [1.82, 2.24) is 4.90 Å². The van der Waals surface area contributed by atoms with Crippen molar-refractivity contribution in [2.45, 2.75) is 71.9 Å². The van der Waals surface area contributed by atoms with E-state index in [0.717, 1.165) is 25.9 Å². The van der Waals surface area contributed by atoms with Gasteiger partial charge in [-0.1, -0.05) is 47.5 Å². The number of nitrogens with zero attached hydrogens (tertiary/aromatic N) is 1. The van der Waals surface area contributed by atoms with E-state index < -0.39 is 0 Å². The maximum atomic E-state index is 10.7. The van der Waals surface area contributed by atoms with Gasteiger partial charge in [-0.05, 0) is 31.3 Å². The van der Waals surface area contributed by atoms with Crippen LogP contribution < -0.4 is 0 Å². The van der Waals surface area contributed by atoms with Gasteiger partial charge < -0.3 is 5.11 Å². The highest BCUT2D eigenvalue weighted by molar-refractivity contribution is 5.03. The zero-order valence-corrected chi connectivity index (χ0v) is 11.7. The first-order valence-corrected chi connectivity index (χ1v) is 6.81. The molecule has 1 N–H and O–H groups in total. The van der Waals surface area contributed by atoms with Crippen molar-refractivity contribution in [2.24, 2.45) is 5.41 Å². The molecule has 0 aliphatic heterocycles. The van der Waals surface area contributed by atoms with Crippen LogP contribution in [0.2, 0.25) is 0 Å². The lowest BCUT2D eigenvalue weighted by molar-refractivity contribution is -0.0791. The number of hydrogen-bond acceptors (Lipinski definition) is 2. The van der Waals surface area contributed by atoms with E-state index in [9.17, 15) is 5.11 Å². The van der Waals surface area contributed by atoms with Gasteiger partial charge in [-0.2, -0.15) is 0 Å². The third-order valence-electron chi connectivity index (χ3n) is 4.19. The quantitative estimate of drug-likeness (QED) is 0.798. The van der Waals surface area contributed by atoms with Gasteiger partial charge in [0.25, 0.3) is 0 Å². The zero-order valence-electron chi connectivity index (χ0n) is 11.7. The molecule has 96 valence electrons. The van der Waals surface area contributed by atoms with Crippen molar-refractivity contribution in [2.75, 3.05) is 13.1 Å². The monoisotopic (exact) mass is 227 g/mol. The molecule has 16 heavy (non-hydrogen) atoms. The summed E-state index contributed by atoms with van der Waals surface area (Å²) in [6.45, 7) is 13.0. The van der Waals surface area contributed by atoms with E-state index in [-0.39, 0.29) is 17.1 Å². The Hall–Kier alpha value is -0.0800. The molecule has 0 saturated heterocycles. The van der Waals surface area contributed by atoms with E-state index in [0.29, 0.717) is 0 Å². The molecule has 0 spiro atoms. The normalized spacial score (nSPS) is 22.7. The third kappa shape index (κ3) is 2.43. The van der Waals surface area contributed by atoms with Gasteiger partial charge in [-0.15, -0.1) is 0 Å². The molecule has 1 aliphatic rings. The van der Waals surface area contributed by atoms with E-state index in [1.54, 1.807) is 0 Å². The van der Waals surface area contributed by atoms with Crippen LogP contribution in [0.15, 0.2) is 0 Å². The van der Waals surface area contributed by atoms with Crippen LogP contribution in [0, 0.1) is 5.41 Å². The summed E-state index contributed by atoms with van der Waals surface area (Å²) in [4.78, 5) is 2.48. The Bertz CT molecular complexity index is 209. The van der Waals surface area contributed by atoms with Crippen LogP contribution in [-0.4, -0.2) is 34.7 Å². The molecule has 1 aliphatic carbocycles. The van der Waals surface area contributed by atoms with Crippen molar-refractivity contribution in [1.29, 1.82) is 0 Å². The maximum absolute atomic E-state index is 10.7. The summed E-state index contributed by atoms with van der Waals surface area (Å²) in [6.07, 6.45) is 4.63. The summed E-state index contributed by atoms with van der Waals surface area (Å²) >= 11 is 0. The molecule has 1 rings (SSSR count). The lowest BCUT2D eigenvalue weighted by Crippen LogP contribution is -2.58. The summed E-state index contributed by atoms with van der Waals surface area (Å²) in [5.41, 5.74) is 0.0225. The van der Waals surface area contributed by atoms with Crippen molar-refractivity contribution >= 4 is 0 Å². The molecule has 2 nitrogen and oxygen atoms in total. The number of likely N-dealkylation sites (N-methyl/N-ethyl adjacent to an activating group) is 1. The molecule has 1 unspecified atom stereocenters. The Kier molecular flexibility index (Phi) is 4.42. The van der Waals surface area contributed by atoms with Gasteiger partial charge >= 0.3 is 0 Å². The zero-order chi connectivity index (χ0) is 12.4. The Morgan fingerprint density at radius 2 is 1.56 bits per heavy atom. The lowest BCUT2D eigenvalue weighted by atomic mass is 9.74. The first-order chi connectivity index (χ1) is 7.38. The van der Waals surface area contributed by atoms with Crippen molar-refractivity contribution in [3.05, 3.63) is 0 Å². The second kappa shape index (κ2) is 5.05. The Labute approximate surface area is 101 Å². The van der Waals surface area contributed by atoms with Gasteiger partial charge in [0.15, 0.2) is 0 Å². The highest BCUT2D eigenvalue weighted by Gasteiger charge is 2.48. The Morgan fingerprint density at radius 1 is 1.12 bits per heavy atom. The summed E-state index contributed by atoms with van der Waals surface area (Å²) in [5, 5.41) is 10.7. The standard InChI is InChI=1S/C14H29NO/c1-6-15(7-2)14(10-8-9-11-14)12(16)13(3,4)5/h12,16H,6-11H2,1-5H3. The van der Waals surface area contributed by atoms with E-state index >= 15 is 0 Å². The molecule has 1 saturated carbocycles. The molecule has 0 heterocycles. The molecular formula is C14H29NO. The second-order valence-electron chi connectivity index (χ2n) is 6.25. The highest BCUT2D eigenvalue weighted by Crippen LogP contribution is 2.43. The molecule has 1 atom stereocenters. The second-order valence-corrected chi connectivity index (χ2v) is 6.25. The smallest absolute Gasteiger partial charge is 0.0771 e. The Balaban J connectivity index is 2.96. The van der Waals surface area contributed by atoms with Gasteiger partial charge in [0.2, 0.25) is 0 Å². The molecular weight excluding hydrogens is 198 g/mol. The number of aliphatic hydroxyl groups is 1. The van der Waals surface area contributed by atoms with Gasteiger partial charge in [0.1, 0.15) is 0 Å². The minimum atomic E-state index is -0.220. The van der Waals surface area contributed by atoms with Crippen LogP contribution in [0.4, 0.5) is 0 Å². The van der Waals surface area contributed by atoms with Gasteiger partial charge in [0.05, 0.1) is 6.10 Å². The average Bonchev–Trinajstić information content (AvgIpc) is 2.67. The van der Waals surface area contributed by atoms with E-state index in [1.807, 2.05) is 0 Å². The van der Waals surface area contributed by atoms with Crippen molar-refractivity contribution in [3.63, 3.8) is 0 Å². The van der Waals surface area contributed by atoms with Crippen LogP contribution in [0.5, 0.6) is 0 Å². The number of aliphatic hydroxyl groups excluding tert-OH is 1. The van der Waals surface area contributed by atoms with E-state index in [4.69, 9.17) is 0 Å². The fourth-order valence-electron chi connectivity index (χ4n) is 3.41. The first kappa shape index (κ1) is 14.0. The topological polar surface area (TPSA) is 23.5 Å². The summed E-state index contributed by atoms with van der Waals surface area (Å²) in [7, 11) is 0. The fraction of sp³-hybridized carbons (Fsp3) is 1.00. The molecule has 0 aromatic rings. The molecule has 0 bridgehead atoms. The predicted octanol–water partition coefficient (Wildman–Crippen LogP) is 3.05. The van der Waals surface area contributed by atoms with Crippen LogP contribution in [0.25, 0.3) is 0 Å². The number of hydrogen-bond donors (Lipinski definition) is 1. The Morgan fingerprint density at radius 3 is 1.88 bits per heavy atom. The minimum Gasteiger partial charge on any atom is -0.391 e. The minimum absolute atomic E-state index is 0.0209. The van der Waals surface area contributed by atoms with Crippen molar-refractivity contribution < 1.29 is 5.11 Å². The van der Waals surface area contributed by atoms with Gasteiger partial charge in [-0.25, -0.2) is 0 Å². The van der Waals surface area contributed by atoms with Crippen LogP contribution >= 0.6 is 0 Å². The maximum Gasteiger partial charge on any atom is 0.0771 e. The van der Waals surface area contributed by atoms with Crippen LogP contribution in [0.1, 0.15) is 60.3 Å². The summed E-state index contributed by atoms with van der Waals surface area (Å²) in [6, 6.07) is 0. The summed E-state index contributed by atoms with van der Waals surface area (Å²) < 4.78 is 0. The molecule has 0 aromatic heterocycles. The molecule has 0 aromatic carbocycles. The van der Waals surface area contributed by atoms with Gasteiger partial charge in [0, 0.05) is 5.54 Å². The van der Waals surface area contributed by atoms with E-state index in [2.05, 4.69) is 39.5 Å². The van der Waals surface area contributed by atoms with Crippen LogP contribution in [-0.2, 0) is 0 Å². The SMILES string of the molecule is CCN(CC)C1(C(O)C(C)(C)C)CCCC1. The molecule has 2 heteroatoms. The average molecular weight is 227 g/mol. The predicted molar refractivity (Wildman–Crippen MR) is 69.6 cm³/mol. The largest absolute Gasteiger partial charge is 0.391 e. The first-order valence-electron chi connectivity index (χ1n) is 6.81. The molecule has 1 fully saturated rings. The summed E-state index contributed by atoms with van der Waals surface area (Å²) in [5.74, 6) is 0.